The first-order chi connectivity index (χ1) is 13.9. The monoisotopic (exact) mass is 428 g/mol. The van der Waals surface area contributed by atoms with E-state index >= 15 is 0 Å². The predicted molar refractivity (Wildman–Crippen MR) is 113 cm³/mol. The highest BCUT2D eigenvalue weighted by atomic mass is 32.2. The van der Waals surface area contributed by atoms with Crippen molar-refractivity contribution in [3.8, 4) is 0 Å². The number of Topliss-reactive ketones (excluding diaryl/α,β-unsaturated/α-hetero) is 1. The number of rotatable bonds is 8. The fourth-order valence-electron chi connectivity index (χ4n) is 3.59. The standard InChI is InChI=1S/C21H20N2O4S2/c24-20-17(13-16-7-3-5-15-6-4-8-18(20)19(15)16)14-22-21-23(10-11-28-21)9-1-2-12-29(25,26)27/h3-8,10-11,13H,1-2,9,12,14H2,(H,25,26,27). The quantitative estimate of drug-likeness (QED) is 0.338. The Morgan fingerprint density at radius 1 is 1.10 bits per heavy atom. The maximum atomic E-state index is 13.0. The van der Waals surface area contributed by atoms with Crippen LogP contribution >= 0.6 is 11.3 Å². The van der Waals surface area contributed by atoms with E-state index in [-0.39, 0.29) is 11.5 Å². The van der Waals surface area contributed by atoms with Gasteiger partial charge in [0.05, 0.1) is 16.7 Å². The van der Waals surface area contributed by atoms with Crippen molar-refractivity contribution in [2.45, 2.75) is 19.4 Å². The molecule has 0 spiro atoms. The molecule has 0 fully saturated rings. The van der Waals surface area contributed by atoms with E-state index in [4.69, 9.17) is 0 Å². The smallest absolute Gasteiger partial charge is 0.334 e. The fourth-order valence-corrected chi connectivity index (χ4v) is 4.93. The third-order valence-corrected chi connectivity index (χ3v) is 6.61. The van der Waals surface area contributed by atoms with Crippen molar-refractivity contribution in [3.05, 3.63) is 64.7 Å². The number of anilines is 1. The van der Waals surface area contributed by atoms with E-state index in [1.807, 2.05) is 58.6 Å². The first-order valence-electron chi connectivity index (χ1n) is 9.34. The van der Waals surface area contributed by atoms with E-state index in [0.29, 0.717) is 31.5 Å². The van der Waals surface area contributed by atoms with E-state index in [1.54, 1.807) is 0 Å². The molecule has 4 rings (SSSR count). The third kappa shape index (κ3) is 4.39. The Hall–Kier alpha value is -2.55. The molecule has 29 heavy (non-hydrogen) atoms. The summed E-state index contributed by atoms with van der Waals surface area (Å²) in [6, 6.07) is 11.8. The Kier molecular flexibility index (Phi) is 5.49. The number of hydrogen-bond donors (Lipinski definition) is 1. The first kappa shape index (κ1) is 19.8. The number of benzene rings is 2. The van der Waals surface area contributed by atoms with Crippen molar-refractivity contribution < 1.29 is 22.3 Å². The number of thiazole rings is 1. The zero-order valence-corrected chi connectivity index (χ0v) is 17.3. The Labute approximate surface area is 173 Å². The number of aromatic nitrogens is 1. The predicted octanol–water partition coefficient (Wildman–Crippen LogP) is 3.21. The van der Waals surface area contributed by atoms with Crippen molar-refractivity contribution in [1.29, 1.82) is 0 Å². The van der Waals surface area contributed by atoms with Crippen molar-refractivity contribution in [2.75, 3.05) is 17.6 Å². The average Bonchev–Trinajstić information content (AvgIpc) is 3.13. The van der Waals surface area contributed by atoms with Crippen LogP contribution in [0.2, 0.25) is 0 Å². The molecule has 1 aliphatic carbocycles. The van der Waals surface area contributed by atoms with Gasteiger partial charge in [-0.1, -0.05) is 47.7 Å². The maximum absolute atomic E-state index is 13.0. The van der Waals surface area contributed by atoms with Gasteiger partial charge >= 0.3 is 5.13 Å². The summed E-state index contributed by atoms with van der Waals surface area (Å²) in [5.74, 6) is -0.308. The molecule has 2 aromatic carbocycles. The summed E-state index contributed by atoms with van der Waals surface area (Å²) >= 11 is 1.52. The highest BCUT2D eigenvalue weighted by molar-refractivity contribution is 7.85. The van der Waals surface area contributed by atoms with Crippen LogP contribution in [0, 0.1) is 0 Å². The number of hydrogen-bond acceptors (Lipinski definition) is 6. The summed E-state index contributed by atoms with van der Waals surface area (Å²) < 4.78 is 34.1. The van der Waals surface area contributed by atoms with E-state index in [0.717, 1.165) is 27.0 Å². The van der Waals surface area contributed by atoms with Crippen LogP contribution < -0.4 is 9.88 Å². The van der Waals surface area contributed by atoms with Crippen LogP contribution in [0.4, 0.5) is 5.13 Å². The van der Waals surface area contributed by atoms with Gasteiger partial charge in [-0.15, -0.1) is 0 Å². The number of ketones is 1. The van der Waals surface area contributed by atoms with Gasteiger partial charge in [-0.3, -0.25) is 10.1 Å². The zero-order valence-electron chi connectivity index (χ0n) is 15.6. The lowest BCUT2D eigenvalue weighted by Gasteiger charge is -2.16. The highest BCUT2D eigenvalue weighted by Crippen LogP contribution is 2.31. The molecule has 150 valence electrons. The first-order valence-corrected chi connectivity index (χ1v) is 11.8. The molecule has 8 heteroatoms. The molecule has 1 heterocycles. The number of unbranched alkanes of at least 4 members (excludes halogenated alkanes) is 1. The Morgan fingerprint density at radius 2 is 1.90 bits per heavy atom. The van der Waals surface area contributed by atoms with E-state index in [1.165, 1.54) is 11.3 Å². The van der Waals surface area contributed by atoms with E-state index in [2.05, 4.69) is 5.32 Å². The molecule has 1 aromatic heterocycles. The van der Waals surface area contributed by atoms with Gasteiger partial charge in [0.2, 0.25) is 0 Å². The molecule has 0 unspecified atom stereocenters. The minimum atomic E-state index is -4.16. The number of nitrogens with one attached hydrogen (secondary N) is 1. The molecule has 0 bridgehead atoms. The molecule has 0 aliphatic heterocycles. The summed E-state index contributed by atoms with van der Waals surface area (Å²) in [5, 5.41) is 8.21. The molecule has 0 saturated heterocycles. The van der Waals surface area contributed by atoms with Crippen molar-refractivity contribution in [3.63, 3.8) is 0 Å². The van der Waals surface area contributed by atoms with Crippen LogP contribution in [0.25, 0.3) is 16.8 Å². The molecule has 1 N–H and O–H groups in total. The lowest BCUT2D eigenvalue weighted by atomic mass is 9.88. The molecular formula is C21H20N2O4S2. The van der Waals surface area contributed by atoms with Gasteiger partial charge in [-0.05, 0) is 29.9 Å². The van der Waals surface area contributed by atoms with Gasteiger partial charge in [0.25, 0.3) is 0 Å². The number of nitrogens with zero attached hydrogens (tertiary/aromatic N) is 1. The molecule has 0 saturated carbocycles. The molecule has 0 amide bonds. The lowest BCUT2D eigenvalue weighted by molar-refractivity contribution is -0.679. The molecule has 1 aliphatic rings. The van der Waals surface area contributed by atoms with Gasteiger partial charge in [-0.25, -0.2) is 13.0 Å². The van der Waals surface area contributed by atoms with Gasteiger partial charge < -0.3 is 4.55 Å². The highest BCUT2D eigenvalue weighted by Gasteiger charge is 2.23. The Morgan fingerprint density at radius 3 is 2.69 bits per heavy atom. The molecule has 0 atom stereocenters. The normalized spacial score (nSPS) is 13.6. The van der Waals surface area contributed by atoms with Crippen molar-refractivity contribution in [1.82, 2.24) is 0 Å². The summed E-state index contributed by atoms with van der Waals surface area (Å²) in [5.41, 5.74) is 2.48. The van der Waals surface area contributed by atoms with Crippen LogP contribution in [-0.2, 0) is 16.7 Å². The second-order valence-electron chi connectivity index (χ2n) is 6.97. The summed E-state index contributed by atoms with van der Waals surface area (Å²) in [4.78, 5) is 13.0. The summed E-state index contributed by atoms with van der Waals surface area (Å²) in [7, 11) is -4.16. The van der Waals surface area contributed by atoms with Crippen LogP contribution in [0.15, 0.2) is 53.5 Å². The minimum absolute atomic E-state index is 0.0329. The second-order valence-corrected chi connectivity index (χ2v) is 9.39. The number of carbonyl (C=O) groups excluding carboxylic acids is 1. The van der Waals surface area contributed by atoms with E-state index < -0.39 is 10.1 Å². The average molecular weight is 429 g/mol. The van der Waals surface area contributed by atoms with Gasteiger partial charge in [-0.2, -0.15) is 0 Å². The summed E-state index contributed by atoms with van der Waals surface area (Å²) in [6.45, 7) is 1.01. The molecule has 0 radical (unpaired) electrons. The largest absolute Gasteiger partial charge is 0.748 e. The summed E-state index contributed by atoms with van der Waals surface area (Å²) in [6.07, 6.45) is 4.78. The van der Waals surface area contributed by atoms with Crippen LogP contribution in [0.3, 0.4) is 0 Å². The van der Waals surface area contributed by atoms with Crippen molar-refractivity contribution >= 4 is 49.2 Å². The van der Waals surface area contributed by atoms with Crippen LogP contribution in [0.5, 0.6) is 0 Å². The fraction of sp³-hybridized carbons (Fsp3) is 0.238. The third-order valence-electron chi connectivity index (χ3n) is 4.96. The molecular weight excluding hydrogens is 408 g/mol. The number of carbonyl (C=O) groups is 1. The number of aryl methyl sites for hydroxylation is 1. The zero-order chi connectivity index (χ0) is 20.4. The Bertz CT molecular complexity index is 1210. The topological polar surface area (TPSA) is 90.2 Å². The maximum Gasteiger partial charge on any atom is 0.334 e. The van der Waals surface area contributed by atoms with Crippen LogP contribution in [0.1, 0.15) is 28.8 Å². The SMILES string of the molecule is O=C1C(CNc2scc[n+]2CCCCS(=O)(=O)[O-])=Cc2cccc3cccc1c23. The molecule has 3 aromatic rings. The van der Waals surface area contributed by atoms with Gasteiger partial charge in [0, 0.05) is 27.7 Å². The van der Waals surface area contributed by atoms with Gasteiger partial charge in [0.15, 0.2) is 5.78 Å². The second kappa shape index (κ2) is 8.06. The van der Waals surface area contributed by atoms with E-state index in [9.17, 15) is 17.8 Å². The Balaban J connectivity index is 1.45. The molecule has 6 nitrogen and oxygen atoms in total. The van der Waals surface area contributed by atoms with Crippen LogP contribution in [-0.4, -0.2) is 31.1 Å². The minimum Gasteiger partial charge on any atom is -0.748 e. The lowest BCUT2D eigenvalue weighted by Crippen LogP contribution is -2.35. The van der Waals surface area contributed by atoms with Crippen molar-refractivity contribution in [2.24, 2.45) is 0 Å². The van der Waals surface area contributed by atoms with Gasteiger partial charge in [0.1, 0.15) is 12.7 Å².